The summed E-state index contributed by atoms with van der Waals surface area (Å²) in [4.78, 5) is 18.9. The number of aromatic amines is 1. The first-order chi connectivity index (χ1) is 12.8. The van der Waals surface area contributed by atoms with Gasteiger partial charge in [0.1, 0.15) is 11.9 Å². The number of alkyl halides is 3. The number of amides is 1. The number of carbonyl (C=O) groups is 1. The summed E-state index contributed by atoms with van der Waals surface area (Å²) in [5, 5.41) is 5.73. The molecule has 1 unspecified atom stereocenters. The fraction of sp³-hybridized carbons (Fsp3) is 0.389. The van der Waals surface area contributed by atoms with Gasteiger partial charge in [0.2, 0.25) is 6.41 Å². The molecule has 1 aliphatic heterocycles. The van der Waals surface area contributed by atoms with Crippen LogP contribution in [0.2, 0.25) is 5.15 Å². The van der Waals surface area contributed by atoms with Crippen molar-refractivity contribution in [1.82, 2.24) is 15.0 Å². The average Bonchev–Trinajstić information content (AvgIpc) is 3.22. The Bertz CT molecular complexity index is 845. The van der Waals surface area contributed by atoms with E-state index < -0.39 is 17.8 Å². The Morgan fingerprint density at radius 1 is 1.33 bits per heavy atom. The molecule has 1 aliphatic rings. The Labute approximate surface area is 159 Å². The molecule has 1 aromatic carbocycles. The highest BCUT2D eigenvalue weighted by Crippen LogP contribution is 2.35. The van der Waals surface area contributed by atoms with Gasteiger partial charge in [-0.25, -0.2) is 9.99 Å². The monoisotopic (exact) mass is 398 g/mol. The minimum atomic E-state index is -4.40. The van der Waals surface area contributed by atoms with Gasteiger partial charge in [0.25, 0.3) is 0 Å². The number of nitrogens with one attached hydrogen (secondary N) is 1. The van der Waals surface area contributed by atoms with Crippen LogP contribution in [0.15, 0.2) is 29.4 Å². The summed E-state index contributed by atoms with van der Waals surface area (Å²) in [5.74, 6) is 0.741. The molecule has 2 heterocycles. The van der Waals surface area contributed by atoms with Crippen molar-refractivity contribution in [2.75, 3.05) is 0 Å². The fourth-order valence-electron chi connectivity index (χ4n) is 2.98. The van der Waals surface area contributed by atoms with Crippen molar-refractivity contribution in [3.63, 3.8) is 0 Å². The van der Waals surface area contributed by atoms with E-state index in [1.165, 1.54) is 17.1 Å². The maximum atomic E-state index is 12.7. The van der Waals surface area contributed by atoms with Gasteiger partial charge in [-0.2, -0.15) is 18.3 Å². The normalized spacial score (nSPS) is 17.3. The molecule has 27 heavy (non-hydrogen) atoms. The molecule has 0 fully saturated rings. The summed E-state index contributed by atoms with van der Waals surface area (Å²) >= 11 is 6.23. The van der Waals surface area contributed by atoms with Crippen LogP contribution in [0.1, 0.15) is 54.9 Å². The zero-order valence-corrected chi connectivity index (χ0v) is 15.3. The maximum absolute atomic E-state index is 12.7. The second-order valence-corrected chi connectivity index (χ2v) is 6.68. The van der Waals surface area contributed by atoms with E-state index in [1.54, 1.807) is 0 Å². The van der Waals surface area contributed by atoms with Crippen molar-refractivity contribution in [3.05, 3.63) is 52.1 Å². The zero-order chi connectivity index (χ0) is 19.6. The number of hydrogen-bond acceptors (Lipinski definition) is 3. The summed E-state index contributed by atoms with van der Waals surface area (Å²) in [5.41, 5.74) is 0.896. The number of rotatable bonds is 6. The van der Waals surface area contributed by atoms with Crippen LogP contribution in [0.4, 0.5) is 13.2 Å². The van der Waals surface area contributed by atoms with Crippen molar-refractivity contribution < 1.29 is 18.0 Å². The molecular weight excluding hydrogens is 381 g/mol. The number of imidazole rings is 1. The third kappa shape index (κ3) is 4.16. The van der Waals surface area contributed by atoms with Crippen LogP contribution in [0, 0.1) is 0 Å². The molecule has 1 amide bonds. The van der Waals surface area contributed by atoms with E-state index in [0.29, 0.717) is 29.8 Å². The zero-order valence-electron chi connectivity index (χ0n) is 14.6. The van der Waals surface area contributed by atoms with E-state index in [2.05, 4.69) is 22.0 Å². The van der Waals surface area contributed by atoms with E-state index in [0.717, 1.165) is 37.2 Å². The van der Waals surface area contributed by atoms with Crippen LogP contribution in [0.3, 0.4) is 0 Å². The van der Waals surface area contributed by atoms with Gasteiger partial charge in [0.15, 0.2) is 5.15 Å². The highest BCUT2D eigenvalue weighted by atomic mass is 35.5. The Morgan fingerprint density at radius 3 is 2.63 bits per heavy atom. The summed E-state index contributed by atoms with van der Waals surface area (Å²) < 4.78 is 38.2. The molecule has 0 radical (unpaired) electrons. The van der Waals surface area contributed by atoms with Gasteiger partial charge in [-0.15, -0.1) is 0 Å². The average molecular weight is 399 g/mol. The van der Waals surface area contributed by atoms with E-state index in [-0.39, 0.29) is 5.15 Å². The van der Waals surface area contributed by atoms with Gasteiger partial charge in [0.05, 0.1) is 17.0 Å². The Kier molecular flexibility index (Phi) is 5.55. The van der Waals surface area contributed by atoms with E-state index >= 15 is 0 Å². The first-order valence-corrected chi connectivity index (χ1v) is 8.94. The molecule has 0 spiro atoms. The van der Waals surface area contributed by atoms with Crippen LogP contribution in [-0.2, 0) is 17.4 Å². The Balaban J connectivity index is 1.82. The first kappa shape index (κ1) is 19.4. The van der Waals surface area contributed by atoms with Crippen molar-refractivity contribution in [3.8, 4) is 0 Å². The molecule has 0 saturated carbocycles. The molecule has 3 rings (SSSR count). The first-order valence-electron chi connectivity index (χ1n) is 8.56. The summed E-state index contributed by atoms with van der Waals surface area (Å²) in [6.45, 7) is 2.07. The molecular formula is C18H18ClF3N4O. The molecule has 1 aromatic heterocycles. The number of nitrogens with zero attached hydrogens (tertiary/aromatic N) is 3. The van der Waals surface area contributed by atoms with Gasteiger partial charge in [-0.3, -0.25) is 4.79 Å². The molecule has 2 aromatic rings. The van der Waals surface area contributed by atoms with Crippen LogP contribution in [0.5, 0.6) is 0 Å². The predicted molar refractivity (Wildman–Crippen MR) is 95.5 cm³/mol. The van der Waals surface area contributed by atoms with Gasteiger partial charge < -0.3 is 4.98 Å². The Hall–Kier alpha value is -2.35. The van der Waals surface area contributed by atoms with Crippen LogP contribution in [-0.4, -0.2) is 27.1 Å². The third-order valence-electron chi connectivity index (χ3n) is 4.43. The SMILES string of the molecule is CCCCc1nc(Cl)c(C2CC(c3ccc(C(F)(F)F)cc3)=NN2C=O)[nH]1. The number of aromatic nitrogens is 2. The fourth-order valence-corrected chi connectivity index (χ4v) is 3.26. The van der Waals surface area contributed by atoms with Crippen molar-refractivity contribution in [2.24, 2.45) is 5.10 Å². The number of hydrazone groups is 1. The van der Waals surface area contributed by atoms with Gasteiger partial charge >= 0.3 is 6.18 Å². The predicted octanol–water partition coefficient (Wildman–Crippen LogP) is 4.73. The maximum Gasteiger partial charge on any atom is 0.416 e. The number of unbranched alkanes of at least 4 members (excludes halogenated alkanes) is 1. The largest absolute Gasteiger partial charge is 0.416 e. The molecule has 0 saturated heterocycles. The number of carbonyl (C=O) groups excluding carboxylic acids is 1. The highest BCUT2D eigenvalue weighted by molar-refractivity contribution is 6.30. The number of halogens is 4. The second kappa shape index (κ2) is 7.72. The minimum absolute atomic E-state index is 0.279. The quantitative estimate of drug-likeness (QED) is 0.715. The number of H-pyrrole nitrogens is 1. The summed E-state index contributed by atoms with van der Waals surface area (Å²) in [6, 6.07) is 4.25. The van der Waals surface area contributed by atoms with E-state index in [4.69, 9.17) is 11.6 Å². The van der Waals surface area contributed by atoms with Crippen molar-refractivity contribution >= 4 is 23.7 Å². The number of aryl methyl sites for hydroxylation is 1. The molecule has 5 nitrogen and oxygen atoms in total. The lowest BCUT2D eigenvalue weighted by molar-refractivity contribution is -0.137. The van der Waals surface area contributed by atoms with Crippen molar-refractivity contribution in [2.45, 2.75) is 44.8 Å². The van der Waals surface area contributed by atoms with Gasteiger partial charge in [-0.1, -0.05) is 37.1 Å². The molecule has 1 N–H and O–H groups in total. The molecule has 9 heteroatoms. The lowest BCUT2D eigenvalue weighted by Gasteiger charge is -2.15. The van der Waals surface area contributed by atoms with Crippen LogP contribution < -0.4 is 0 Å². The van der Waals surface area contributed by atoms with Crippen LogP contribution in [0.25, 0.3) is 0 Å². The highest BCUT2D eigenvalue weighted by Gasteiger charge is 2.33. The minimum Gasteiger partial charge on any atom is -0.343 e. The topological polar surface area (TPSA) is 61.4 Å². The lowest BCUT2D eigenvalue weighted by atomic mass is 10.0. The lowest BCUT2D eigenvalue weighted by Crippen LogP contribution is -2.18. The van der Waals surface area contributed by atoms with Gasteiger partial charge in [0, 0.05) is 12.8 Å². The summed E-state index contributed by atoms with van der Waals surface area (Å²) in [6.07, 6.45) is -0.774. The number of benzene rings is 1. The molecule has 0 bridgehead atoms. The molecule has 1 atom stereocenters. The smallest absolute Gasteiger partial charge is 0.343 e. The Morgan fingerprint density at radius 2 is 2.04 bits per heavy atom. The van der Waals surface area contributed by atoms with E-state index in [1.807, 2.05) is 0 Å². The third-order valence-corrected chi connectivity index (χ3v) is 4.72. The van der Waals surface area contributed by atoms with Crippen molar-refractivity contribution in [1.29, 1.82) is 0 Å². The van der Waals surface area contributed by atoms with E-state index in [9.17, 15) is 18.0 Å². The van der Waals surface area contributed by atoms with Gasteiger partial charge in [-0.05, 0) is 24.1 Å². The summed E-state index contributed by atoms with van der Waals surface area (Å²) in [7, 11) is 0. The molecule has 144 valence electrons. The second-order valence-electron chi connectivity index (χ2n) is 6.32. The molecule has 0 aliphatic carbocycles. The van der Waals surface area contributed by atoms with Crippen LogP contribution >= 0.6 is 11.6 Å². The number of hydrogen-bond donors (Lipinski definition) is 1. The standard InChI is InChI=1S/C18H18ClF3N4O/c1-2-3-4-15-23-16(17(19)24-15)14-9-13(25-26(14)10-27)11-5-7-12(8-6-11)18(20,21)22/h5-8,10,14H,2-4,9H2,1H3,(H,23,24).